The minimum Gasteiger partial charge on any atom is -0.497 e. The van der Waals surface area contributed by atoms with Crippen LogP contribution in [-0.2, 0) is 22.2 Å². The predicted molar refractivity (Wildman–Crippen MR) is 162 cm³/mol. The van der Waals surface area contributed by atoms with Gasteiger partial charge in [-0.05, 0) is 49.6 Å². The van der Waals surface area contributed by atoms with Crippen molar-refractivity contribution in [2.75, 3.05) is 63.3 Å². The van der Waals surface area contributed by atoms with Crippen molar-refractivity contribution in [1.82, 2.24) is 20.4 Å². The molecule has 0 atom stereocenters. The molecule has 0 radical (unpaired) electrons. The van der Waals surface area contributed by atoms with E-state index in [0.29, 0.717) is 47.8 Å². The first-order valence-corrected chi connectivity index (χ1v) is 14.6. The Balaban J connectivity index is 1.67. The Hall–Kier alpha value is -4.75. The molecule has 1 aromatic heterocycles. The monoisotopic (exact) mass is 628 g/mol. The Morgan fingerprint density at radius 2 is 1.62 bits per heavy atom. The lowest BCUT2D eigenvalue weighted by atomic mass is 10.0. The summed E-state index contributed by atoms with van der Waals surface area (Å²) >= 11 is 0. The minimum atomic E-state index is -4.77. The van der Waals surface area contributed by atoms with Gasteiger partial charge in [0.25, 0.3) is 5.56 Å². The number of halogens is 3. The quantitative estimate of drug-likeness (QED) is 0.329. The standard InChI is InChI=1S/C31H35F3N6O5/c1-19(41)35-9-10-36-27(42)18-39-13-8-24-28(20-14-22(44-2)17-23(15-20)45-3)37-40(30(43)29(24)39)26-16-21(38-11-4-5-12-38)6-7-25(26)31(32,33)34/h6-7,14-17H,4-5,8-13,18H2,1-3H3,(H,35,41)(H,36,42). The number of aromatic nitrogens is 2. The van der Waals surface area contributed by atoms with Gasteiger partial charge in [-0.3, -0.25) is 14.4 Å². The van der Waals surface area contributed by atoms with E-state index >= 15 is 0 Å². The third-order valence-electron chi connectivity index (χ3n) is 7.88. The minimum absolute atomic E-state index is 0.0958. The molecule has 1 saturated heterocycles. The van der Waals surface area contributed by atoms with Crippen LogP contribution in [0.3, 0.4) is 0 Å². The van der Waals surface area contributed by atoms with Crippen molar-refractivity contribution in [2.45, 2.75) is 32.4 Å². The third-order valence-corrected chi connectivity index (χ3v) is 7.88. The summed E-state index contributed by atoms with van der Waals surface area (Å²) in [5.41, 5.74) is -0.268. The van der Waals surface area contributed by atoms with Crippen LogP contribution < -0.4 is 35.5 Å². The molecule has 2 amide bonds. The van der Waals surface area contributed by atoms with Gasteiger partial charge in [-0.2, -0.15) is 23.0 Å². The van der Waals surface area contributed by atoms with Crippen LogP contribution in [0, 0.1) is 0 Å². The Labute approximate surface area is 257 Å². The summed E-state index contributed by atoms with van der Waals surface area (Å²) in [4.78, 5) is 41.7. The van der Waals surface area contributed by atoms with Crippen LogP contribution in [0.4, 0.5) is 24.5 Å². The SMILES string of the molecule is COc1cc(OC)cc(-c2nn(-c3cc(N4CCCC4)ccc3C(F)(F)F)c(=O)c3c2CCN3CC(=O)NCCNC(C)=O)c1. The molecule has 14 heteroatoms. The van der Waals surface area contributed by atoms with Crippen LogP contribution in [0.2, 0.25) is 0 Å². The maximum absolute atomic E-state index is 14.4. The molecule has 3 heterocycles. The third kappa shape index (κ3) is 6.84. The Morgan fingerprint density at radius 1 is 0.956 bits per heavy atom. The highest BCUT2D eigenvalue weighted by atomic mass is 19.4. The number of methoxy groups -OCH3 is 2. The molecule has 0 bridgehead atoms. The lowest BCUT2D eigenvalue weighted by Gasteiger charge is -2.23. The number of ether oxygens (including phenoxy) is 2. The van der Waals surface area contributed by atoms with Gasteiger partial charge in [0, 0.05) is 62.5 Å². The number of nitrogens with zero attached hydrogens (tertiary/aromatic N) is 4. The molecule has 11 nitrogen and oxygen atoms in total. The van der Waals surface area contributed by atoms with Crippen molar-refractivity contribution in [2.24, 2.45) is 0 Å². The number of fused-ring (bicyclic) bond motifs is 1. The number of nitrogens with one attached hydrogen (secondary N) is 2. The van der Waals surface area contributed by atoms with Crippen LogP contribution >= 0.6 is 0 Å². The van der Waals surface area contributed by atoms with Crippen molar-refractivity contribution in [3.8, 4) is 28.4 Å². The van der Waals surface area contributed by atoms with E-state index in [-0.39, 0.29) is 43.5 Å². The largest absolute Gasteiger partial charge is 0.497 e. The number of hydrogen-bond acceptors (Lipinski definition) is 8. The number of rotatable bonds is 10. The second kappa shape index (κ2) is 13.1. The van der Waals surface area contributed by atoms with Crippen LogP contribution in [0.15, 0.2) is 41.2 Å². The molecule has 0 aliphatic carbocycles. The van der Waals surface area contributed by atoms with Gasteiger partial charge < -0.3 is 29.9 Å². The summed E-state index contributed by atoms with van der Waals surface area (Å²) in [5.74, 6) is 0.211. The van der Waals surface area contributed by atoms with E-state index in [2.05, 4.69) is 15.7 Å². The van der Waals surface area contributed by atoms with Crippen molar-refractivity contribution < 1.29 is 32.2 Å². The molecule has 0 saturated carbocycles. The Morgan fingerprint density at radius 3 is 2.24 bits per heavy atom. The first-order chi connectivity index (χ1) is 21.5. The number of carbonyl (C=O) groups excluding carboxylic acids is 2. The van der Waals surface area contributed by atoms with Crippen LogP contribution in [-0.4, -0.2) is 75.1 Å². The number of hydrogen-bond donors (Lipinski definition) is 2. The maximum atomic E-state index is 14.4. The molecule has 2 aromatic carbocycles. The highest BCUT2D eigenvalue weighted by molar-refractivity contribution is 5.84. The van der Waals surface area contributed by atoms with Gasteiger partial charge >= 0.3 is 6.18 Å². The van der Waals surface area contributed by atoms with E-state index < -0.39 is 28.9 Å². The van der Waals surface area contributed by atoms with E-state index in [9.17, 15) is 27.6 Å². The van der Waals surface area contributed by atoms with Gasteiger partial charge in [0.1, 0.15) is 17.2 Å². The number of alkyl halides is 3. The van der Waals surface area contributed by atoms with Crippen LogP contribution in [0.5, 0.6) is 11.5 Å². The summed E-state index contributed by atoms with van der Waals surface area (Å²) in [6.07, 6.45) is -2.62. The van der Waals surface area contributed by atoms with Crippen LogP contribution in [0.25, 0.3) is 16.9 Å². The smallest absolute Gasteiger partial charge is 0.418 e. The second-order valence-electron chi connectivity index (χ2n) is 10.9. The lowest BCUT2D eigenvalue weighted by molar-refractivity contribution is -0.137. The fraction of sp³-hybridized carbons (Fsp3) is 0.419. The molecule has 240 valence electrons. The molecular weight excluding hydrogens is 593 g/mol. The highest BCUT2D eigenvalue weighted by Gasteiger charge is 2.37. The summed E-state index contributed by atoms with van der Waals surface area (Å²) < 4.78 is 55.0. The molecule has 2 N–H and O–H groups in total. The molecule has 5 rings (SSSR count). The molecule has 2 aliphatic rings. The fourth-order valence-corrected chi connectivity index (χ4v) is 5.74. The summed E-state index contributed by atoms with van der Waals surface area (Å²) in [6.45, 7) is 3.20. The molecule has 2 aliphatic heterocycles. The second-order valence-corrected chi connectivity index (χ2v) is 10.9. The number of benzene rings is 2. The van der Waals surface area contributed by atoms with Crippen molar-refractivity contribution >= 4 is 23.2 Å². The predicted octanol–water partition coefficient (Wildman–Crippen LogP) is 3.15. The summed E-state index contributed by atoms with van der Waals surface area (Å²) in [5, 5.41) is 9.86. The summed E-state index contributed by atoms with van der Waals surface area (Å²) in [6, 6.07) is 8.75. The fourth-order valence-electron chi connectivity index (χ4n) is 5.74. The zero-order chi connectivity index (χ0) is 32.3. The molecule has 0 unspecified atom stereocenters. The van der Waals surface area contributed by atoms with E-state index in [1.165, 1.54) is 33.3 Å². The van der Waals surface area contributed by atoms with Gasteiger partial charge in [-0.15, -0.1) is 0 Å². The number of amides is 2. The normalized spacial score (nSPS) is 14.4. The zero-order valence-electron chi connectivity index (χ0n) is 25.3. The Bertz CT molecular complexity index is 1630. The van der Waals surface area contributed by atoms with E-state index in [1.807, 2.05) is 4.90 Å². The average molecular weight is 629 g/mol. The zero-order valence-corrected chi connectivity index (χ0v) is 25.3. The van der Waals surface area contributed by atoms with Gasteiger partial charge in [-0.1, -0.05) is 0 Å². The topological polar surface area (TPSA) is 118 Å². The number of anilines is 2. The molecule has 0 spiro atoms. The van der Waals surface area contributed by atoms with Gasteiger partial charge in [0.15, 0.2) is 0 Å². The Kier molecular flexibility index (Phi) is 9.21. The molecule has 45 heavy (non-hydrogen) atoms. The van der Waals surface area contributed by atoms with Crippen LogP contribution in [0.1, 0.15) is 30.9 Å². The summed E-state index contributed by atoms with van der Waals surface area (Å²) in [7, 11) is 2.95. The van der Waals surface area contributed by atoms with Crippen molar-refractivity contribution in [1.29, 1.82) is 0 Å². The van der Waals surface area contributed by atoms with Gasteiger partial charge in [-0.25, -0.2) is 0 Å². The van der Waals surface area contributed by atoms with Crippen molar-refractivity contribution in [3.63, 3.8) is 0 Å². The van der Waals surface area contributed by atoms with E-state index in [0.717, 1.165) is 23.6 Å². The first kappa shape index (κ1) is 31.7. The number of carbonyl (C=O) groups is 2. The highest BCUT2D eigenvalue weighted by Crippen LogP contribution is 2.39. The first-order valence-electron chi connectivity index (χ1n) is 14.6. The molecule has 1 fully saturated rings. The van der Waals surface area contributed by atoms with E-state index in [4.69, 9.17) is 9.47 Å². The van der Waals surface area contributed by atoms with Gasteiger partial charge in [0.2, 0.25) is 11.8 Å². The lowest BCUT2D eigenvalue weighted by Crippen LogP contribution is -2.41. The van der Waals surface area contributed by atoms with Crippen molar-refractivity contribution in [3.05, 3.63) is 57.9 Å². The van der Waals surface area contributed by atoms with E-state index in [1.54, 1.807) is 23.1 Å². The maximum Gasteiger partial charge on any atom is 0.418 e. The average Bonchev–Trinajstić information content (AvgIpc) is 3.70. The molecule has 3 aromatic rings. The van der Waals surface area contributed by atoms with Gasteiger partial charge in [0.05, 0.1) is 37.7 Å². The molecular formula is C31H35F3N6O5.